The second kappa shape index (κ2) is 14.4. The molecular formula is C41H51N3O7. The summed E-state index contributed by atoms with van der Waals surface area (Å²) in [5.74, 6) is -3.50. The first kappa shape index (κ1) is 36.5. The summed E-state index contributed by atoms with van der Waals surface area (Å²) in [5.41, 5.74) is -0.578. The summed E-state index contributed by atoms with van der Waals surface area (Å²) >= 11 is 0. The van der Waals surface area contributed by atoms with E-state index in [2.05, 4.69) is 26.1 Å². The Morgan fingerprint density at radius 2 is 1.63 bits per heavy atom. The van der Waals surface area contributed by atoms with E-state index >= 15 is 4.79 Å². The van der Waals surface area contributed by atoms with E-state index in [-0.39, 0.29) is 37.5 Å². The standard InChI is InChI=1S/C41H51N3O7/c1-39(2,3)26-40(4,5)43-22-14-8-13-19-32(46)50-25-30(28-17-11-7-12-18-28)42-36(47)33-31-20-21-41(51-31)34(33)37(48)44(35(41)38(43)49)29(24-45)23-27-15-9-6-10-16-27/h6-12,14-18,20-21,29-31,33-35,45H,13,19,22-26H2,1-5H3,(H,42,47)/b14-8-/t29-,30+,31+,33-,34-,35+,41-/m1/s1. The Hall–Kier alpha value is -4.28. The summed E-state index contributed by atoms with van der Waals surface area (Å²) in [6, 6.07) is 16.3. The van der Waals surface area contributed by atoms with Gasteiger partial charge in [0.1, 0.15) is 18.2 Å². The third-order valence-corrected chi connectivity index (χ3v) is 10.6. The van der Waals surface area contributed by atoms with Crippen molar-refractivity contribution < 1.29 is 33.8 Å². The molecule has 2 N–H and O–H groups in total. The Morgan fingerprint density at radius 3 is 2.29 bits per heavy atom. The highest BCUT2D eigenvalue weighted by molar-refractivity contribution is 6.00. The van der Waals surface area contributed by atoms with Crippen LogP contribution >= 0.6 is 0 Å². The van der Waals surface area contributed by atoms with Gasteiger partial charge in [0.05, 0.1) is 36.6 Å². The van der Waals surface area contributed by atoms with Crippen molar-refractivity contribution in [3.05, 3.63) is 96.1 Å². The molecule has 2 aromatic carbocycles. The average Bonchev–Trinajstić information content (AvgIpc) is 3.73. The molecule has 4 aliphatic heterocycles. The zero-order valence-electron chi connectivity index (χ0n) is 30.3. The number of allylic oxidation sites excluding steroid dienone is 1. The lowest BCUT2D eigenvalue weighted by Gasteiger charge is -2.46. The maximum absolute atomic E-state index is 15.4. The number of carbonyl (C=O) groups is 4. The number of ether oxygens (including phenoxy) is 2. The Bertz CT molecular complexity index is 1670. The second-order valence-corrected chi connectivity index (χ2v) is 16.1. The van der Waals surface area contributed by atoms with Crippen LogP contribution in [0.1, 0.15) is 71.0 Å². The first-order valence-corrected chi connectivity index (χ1v) is 18.1. The smallest absolute Gasteiger partial charge is 0.306 e. The van der Waals surface area contributed by atoms with Crippen LogP contribution in [0.5, 0.6) is 0 Å². The van der Waals surface area contributed by atoms with E-state index in [9.17, 15) is 19.5 Å². The molecule has 0 saturated carbocycles. The first-order valence-electron chi connectivity index (χ1n) is 18.1. The molecular weight excluding hydrogens is 646 g/mol. The number of amides is 3. The van der Waals surface area contributed by atoms with Crippen molar-refractivity contribution in [1.29, 1.82) is 0 Å². The molecule has 7 atom stereocenters. The topological polar surface area (TPSA) is 125 Å². The van der Waals surface area contributed by atoms with E-state index < -0.39 is 65.0 Å². The molecule has 0 radical (unpaired) electrons. The molecule has 1 spiro atoms. The van der Waals surface area contributed by atoms with E-state index in [1.165, 1.54) is 4.90 Å². The van der Waals surface area contributed by atoms with Crippen LogP contribution in [0.4, 0.5) is 0 Å². The fraction of sp³-hybridized carbons (Fsp3) is 0.512. The number of likely N-dealkylation sites (tertiary alicyclic amines) is 1. The van der Waals surface area contributed by atoms with Gasteiger partial charge in [0.25, 0.3) is 0 Å². The van der Waals surface area contributed by atoms with E-state index in [0.29, 0.717) is 19.3 Å². The van der Waals surface area contributed by atoms with Crippen LogP contribution in [-0.2, 0) is 35.1 Å². The summed E-state index contributed by atoms with van der Waals surface area (Å²) in [7, 11) is 0. The number of aliphatic hydroxyl groups excluding tert-OH is 1. The van der Waals surface area contributed by atoms with E-state index in [1.807, 2.05) is 86.7 Å². The number of carbonyl (C=O) groups excluding carboxylic acids is 4. The van der Waals surface area contributed by atoms with Crippen LogP contribution in [0, 0.1) is 17.3 Å². The fourth-order valence-electron chi connectivity index (χ4n) is 8.82. The van der Waals surface area contributed by atoms with Gasteiger partial charge < -0.3 is 29.7 Å². The number of benzene rings is 2. The number of aliphatic hydroxyl groups is 1. The first-order chi connectivity index (χ1) is 24.3. The van der Waals surface area contributed by atoms with Crippen molar-refractivity contribution in [3.8, 4) is 0 Å². The molecule has 3 amide bonds. The Balaban J connectivity index is 1.47. The molecule has 2 fully saturated rings. The molecule has 0 unspecified atom stereocenters. The highest BCUT2D eigenvalue weighted by Crippen LogP contribution is 2.56. The zero-order chi connectivity index (χ0) is 36.6. The van der Waals surface area contributed by atoms with Gasteiger partial charge in [-0.15, -0.1) is 0 Å². The van der Waals surface area contributed by atoms with Crippen LogP contribution in [-0.4, -0.2) is 87.7 Å². The predicted molar refractivity (Wildman–Crippen MR) is 192 cm³/mol. The lowest BCUT2D eigenvalue weighted by molar-refractivity contribution is -0.154. The molecule has 0 aromatic heterocycles. The Kier molecular flexibility index (Phi) is 10.3. The summed E-state index contributed by atoms with van der Waals surface area (Å²) < 4.78 is 12.4. The predicted octanol–water partition coefficient (Wildman–Crippen LogP) is 4.53. The molecule has 2 aromatic rings. The maximum Gasteiger partial charge on any atom is 0.306 e. The SMILES string of the molecule is CC(C)(C)CC(C)(C)N1C/C=C\CCC(=O)OC[C@@H](c2ccccc2)NC(=O)[C@@H]2[C@@H]3C=C[C@]4(O3)[C@H](C1=O)N([C@@H](CO)Cc1ccccc1)C(=O)[C@@H]24. The molecule has 10 heteroatoms. The van der Waals surface area contributed by atoms with Gasteiger partial charge in [0, 0.05) is 18.5 Å². The number of nitrogens with zero attached hydrogens (tertiary/aromatic N) is 2. The van der Waals surface area contributed by atoms with Crippen LogP contribution in [0.15, 0.2) is 85.0 Å². The number of cyclic esters (lactones) is 1. The van der Waals surface area contributed by atoms with Gasteiger partial charge in [-0.25, -0.2) is 0 Å². The number of nitrogens with one attached hydrogen (secondary N) is 1. The highest BCUT2D eigenvalue weighted by atomic mass is 16.5. The number of esters is 1. The zero-order valence-corrected chi connectivity index (χ0v) is 30.3. The van der Waals surface area contributed by atoms with E-state index in [0.717, 1.165) is 11.1 Å². The van der Waals surface area contributed by atoms with Crippen LogP contribution in [0.2, 0.25) is 0 Å². The van der Waals surface area contributed by atoms with Crippen molar-refractivity contribution >= 4 is 23.7 Å². The normalized spacial score (nSPS) is 29.9. The van der Waals surface area contributed by atoms with Gasteiger partial charge in [0.15, 0.2) is 0 Å². The maximum atomic E-state index is 15.4. The van der Waals surface area contributed by atoms with Crippen molar-refractivity contribution in [3.63, 3.8) is 0 Å². The van der Waals surface area contributed by atoms with E-state index in [4.69, 9.17) is 9.47 Å². The lowest BCUT2D eigenvalue weighted by Crippen LogP contribution is -2.62. The number of rotatable bonds is 7. The third-order valence-electron chi connectivity index (χ3n) is 10.6. The monoisotopic (exact) mass is 697 g/mol. The molecule has 2 saturated heterocycles. The molecule has 51 heavy (non-hydrogen) atoms. The van der Waals surface area contributed by atoms with Crippen molar-refractivity contribution in [2.45, 2.75) is 95.7 Å². The largest absolute Gasteiger partial charge is 0.463 e. The van der Waals surface area contributed by atoms with E-state index in [1.54, 1.807) is 17.1 Å². The minimum absolute atomic E-state index is 0.0815. The van der Waals surface area contributed by atoms with Gasteiger partial charge in [-0.3, -0.25) is 19.2 Å². The molecule has 4 aliphatic rings. The molecule has 6 rings (SSSR count). The molecule has 5 bridgehead atoms. The lowest BCUT2D eigenvalue weighted by atomic mass is 9.73. The molecule has 272 valence electrons. The average molecular weight is 698 g/mol. The van der Waals surface area contributed by atoms with Gasteiger partial charge in [-0.1, -0.05) is 106 Å². The van der Waals surface area contributed by atoms with Crippen molar-refractivity contribution in [2.75, 3.05) is 19.8 Å². The minimum atomic E-state index is -1.42. The van der Waals surface area contributed by atoms with Gasteiger partial charge >= 0.3 is 5.97 Å². The fourth-order valence-corrected chi connectivity index (χ4v) is 8.82. The Morgan fingerprint density at radius 1 is 0.941 bits per heavy atom. The summed E-state index contributed by atoms with van der Waals surface area (Å²) in [4.78, 5) is 60.9. The summed E-state index contributed by atoms with van der Waals surface area (Å²) in [5, 5.41) is 14.0. The van der Waals surface area contributed by atoms with Crippen LogP contribution < -0.4 is 5.32 Å². The Labute approximate surface area is 300 Å². The molecule has 10 nitrogen and oxygen atoms in total. The number of fused-ring (bicyclic) bond motifs is 2. The quantitative estimate of drug-likeness (QED) is 0.322. The molecule has 4 heterocycles. The number of hydrogen-bond acceptors (Lipinski definition) is 7. The third kappa shape index (κ3) is 7.26. The minimum Gasteiger partial charge on any atom is -0.463 e. The van der Waals surface area contributed by atoms with Crippen molar-refractivity contribution in [1.82, 2.24) is 15.1 Å². The van der Waals surface area contributed by atoms with Crippen LogP contribution in [0.3, 0.4) is 0 Å². The summed E-state index contributed by atoms with van der Waals surface area (Å²) in [6.07, 6.45) is 8.13. The number of hydrogen-bond donors (Lipinski definition) is 2. The van der Waals surface area contributed by atoms with Gasteiger partial charge in [-0.05, 0) is 49.7 Å². The summed E-state index contributed by atoms with van der Waals surface area (Å²) in [6.45, 7) is 10.2. The van der Waals surface area contributed by atoms with Gasteiger partial charge in [-0.2, -0.15) is 0 Å². The van der Waals surface area contributed by atoms with Gasteiger partial charge in [0.2, 0.25) is 17.7 Å². The second-order valence-electron chi connectivity index (χ2n) is 16.1. The van der Waals surface area contributed by atoms with Crippen LogP contribution in [0.25, 0.3) is 0 Å². The molecule has 0 aliphatic carbocycles. The van der Waals surface area contributed by atoms with Crippen molar-refractivity contribution in [2.24, 2.45) is 17.3 Å². The highest BCUT2D eigenvalue weighted by Gasteiger charge is 2.74.